The number of hydrogen-bond donors (Lipinski definition) is 0. The molecule has 2 heteroatoms. The molecule has 0 amide bonds. The van der Waals surface area contributed by atoms with Crippen LogP contribution in [0, 0.1) is 0 Å². The molecule has 1 aliphatic rings. The van der Waals surface area contributed by atoms with Crippen molar-refractivity contribution in [3.8, 4) is 0 Å². The van der Waals surface area contributed by atoms with E-state index < -0.39 is 0 Å². The van der Waals surface area contributed by atoms with E-state index in [9.17, 15) is 0 Å². The minimum absolute atomic E-state index is 0.738. The minimum atomic E-state index is 0.738. The third kappa shape index (κ3) is 3.45. The average Bonchev–Trinajstić information content (AvgIpc) is 2.84. The molecule has 2 rings (SSSR count). The summed E-state index contributed by atoms with van der Waals surface area (Å²) in [5.74, 6) is 1.17. The molecule has 1 unspecified atom stereocenters. The van der Waals surface area contributed by atoms with Crippen LogP contribution >= 0.6 is 0 Å². The highest BCUT2D eigenvalue weighted by Gasteiger charge is 2.24. The second kappa shape index (κ2) is 6.63. The highest BCUT2D eigenvalue weighted by atomic mass is 15.2. The molecule has 0 spiro atoms. The fourth-order valence-corrected chi connectivity index (χ4v) is 2.77. The zero-order valence-corrected chi connectivity index (χ0v) is 10.9. The van der Waals surface area contributed by atoms with Crippen molar-refractivity contribution in [3.63, 3.8) is 0 Å². The van der Waals surface area contributed by atoms with Crippen molar-refractivity contribution < 1.29 is 0 Å². The van der Waals surface area contributed by atoms with E-state index in [1.807, 2.05) is 12.3 Å². The van der Waals surface area contributed by atoms with E-state index in [0.29, 0.717) is 0 Å². The van der Waals surface area contributed by atoms with Crippen molar-refractivity contribution >= 4 is 5.82 Å². The average molecular weight is 232 g/mol. The van der Waals surface area contributed by atoms with E-state index in [1.165, 1.54) is 57.3 Å². The van der Waals surface area contributed by atoms with Gasteiger partial charge in [0, 0.05) is 18.8 Å². The van der Waals surface area contributed by atoms with Gasteiger partial charge in [0.1, 0.15) is 5.82 Å². The summed E-state index contributed by atoms with van der Waals surface area (Å²) in [6, 6.07) is 6.97. The third-order valence-corrected chi connectivity index (χ3v) is 3.71. The van der Waals surface area contributed by atoms with Crippen molar-refractivity contribution in [1.82, 2.24) is 4.98 Å². The molecular formula is C15H24N2. The van der Waals surface area contributed by atoms with E-state index in [0.717, 1.165) is 6.04 Å². The lowest BCUT2D eigenvalue weighted by atomic mass is 10.1. The lowest BCUT2D eigenvalue weighted by Crippen LogP contribution is -2.29. The Morgan fingerprint density at radius 2 is 2.24 bits per heavy atom. The first kappa shape index (κ1) is 12.4. The zero-order chi connectivity index (χ0) is 11.9. The maximum absolute atomic E-state index is 4.48. The van der Waals surface area contributed by atoms with E-state index in [-0.39, 0.29) is 0 Å². The molecule has 0 radical (unpaired) electrons. The van der Waals surface area contributed by atoms with Gasteiger partial charge in [-0.05, 0) is 31.4 Å². The zero-order valence-electron chi connectivity index (χ0n) is 10.9. The molecule has 1 saturated heterocycles. The van der Waals surface area contributed by atoms with Crippen molar-refractivity contribution in [2.24, 2.45) is 0 Å². The first-order chi connectivity index (χ1) is 8.42. The molecule has 0 saturated carbocycles. The van der Waals surface area contributed by atoms with Gasteiger partial charge >= 0.3 is 0 Å². The smallest absolute Gasteiger partial charge is 0.128 e. The van der Waals surface area contributed by atoms with Crippen molar-refractivity contribution in [2.75, 3.05) is 11.4 Å². The van der Waals surface area contributed by atoms with Gasteiger partial charge in [-0.3, -0.25) is 0 Å². The monoisotopic (exact) mass is 232 g/mol. The molecule has 2 heterocycles. The van der Waals surface area contributed by atoms with Crippen LogP contribution in [0.15, 0.2) is 24.4 Å². The molecule has 0 aliphatic carbocycles. The lowest BCUT2D eigenvalue weighted by Gasteiger charge is -2.25. The van der Waals surface area contributed by atoms with Gasteiger partial charge in [-0.1, -0.05) is 38.7 Å². The molecule has 1 aromatic rings. The van der Waals surface area contributed by atoms with Crippen molar-refractivity contribution in [2.45, 2.75) is 57.9 Å². The van der Waals surface area contributed by atoms with Gasteiger partial charge in [-0.15, -0.1) is 0 Å². The van der Waals surface area contributed by atoms with Crippen LogP contribution in [0.25, 0.3) is 0 Å². The van der Waals surface area contributed by atoms with Crippen molar-refractivity contribution in [3.05, 3.63) is 24.4 Å². The van der Waals surface area contributed by atoms with Crippen LogP contribution in [-0.2, 0) is 0 Å². The number of pyridine rings is 1. The molecule has 2 nitrogen and oxygen atoms in total. The largest absolute Gasteiger partial charge is 0.354 e. The summed E-state index contributed by atoms with van der Waals surface area (Å²) in [5, 5.41) is 0. The highest BCUT2D eigenvalue weighted by Crippen LogP contribution is 2.26. The van der Waals surface area contributed by atoms with Gasteiger partial charge in [0.2, 0.25) is 0 Å². The maximum Gasteiger partial charge on any atom is 0.128 e. The Labute approximate surface area is 105 Å². The van der Waals surface area contributed by atoms with Crippen LogP contribution in [0.1, 0.15) is 51.9 Å². The Bertz CT molecular complexity index is 310. The Balaban J connectivity index is 1.85. The lowest BCUT2D eigenvalue weighted by molar-refractivity contribution is 0.544. The molecule has 0 bridgehead atoms. The number of aromatic nitrogens is 1. The van der Waals surface area contributed by atoms with E-state index in [2.05, 4.69) is 28.9 Å². The van der Waals surface area contributed by atoms with E-state index >= 15 is 0 Å². The second-order valence-electron chi connectivity index (χ2n) is 5.03. The minimum Gasteiger partial charge on any atom is -0.354 e. The topological polar surface area (TPSA) is 16.1 Å². The first-order valence-corrected chi connectivity index (χ1v) is 7.09. The van der Waals surface area contributed by atoms with E-state index in [1.54, 1.807) is 0 Å². The quantitative estimate of drug-likeness (QED) is 0.689. The van der Waals surface area contributed by atoms with Gasteiger partial charge in [-0.2, -0.15) is 0 Å². The Morgan fingerprint density at radius 1 is 1.29 bits per heavy atom. The summed E-state index contributed by atoms with van der Waals surface area (Å²) in [7, 11) is 0. The van der Waals surface area contributed by atoms with Crippen LogP contribution in [0.2, 0.25) is 0 Å². The van der Waals surface area contributed by atoms with E-state index in [4.69, 9.17) is 0 Å². The third-order valence-electron chi connectivity index (χ3n) is 3.71. The fourth-order valence-electron chi connectivity index (χ4n) is 2.77. The molecule has 94 valence electrons. The predicted molar refractivity (Wildman–Crippen MR) is 73.4 cm³/mol. The van der Waals surface area contributed by atoms with Gasteiger partial charge < -0.3 is 4.90 Å². The second-order valence-corrected chi connectivity index (χ2v) is 5.03. The van der Waals surface area contributed by atoms with Gasteiger partial charge in [0.15, 0.2) is 0 Å². The Morgan fingerprint density at radius 3 is 3.00 bits per heavy atom. The molecule has 1 atom stereocenters. The van der Waals surface area contributed by atoms with Crippen LogP contribution in [-0.4, -0.2) is 17.6 Å². The maximum atomic E-state index is 4.48. The molecule has 1 aliphatic heterocycles. The number of nitrogens with zero attached hydrogens (tertiary/aromatic N) is 2. The first-order valence-electron chi connectivity index (χ1n) is 7.09. The standard InChI is InChI=1S/C15H24N2/c1-2-3-4-5-9-14-10-8-13-17(14)15-11-6-7-12-16-15/h6-7,11-12,14H,2-5,8-10,13H2,1H3. The number of anilines is 1. The van der Waals surface area contributed by atoms with Crippen LogP contribution in [0.4, 0.5) is 5.82 Å². The van der Waals surface area contributed by atoms with Gasteiger partial charge in [-0.25, -0.2) is 4.98 Å². The summed E-state index contributed by atoms with van der Waals surface area (Å²) in [4.78, 5) is 6.99. The van der Waals surface area contributed by atoms with Crippen LogP contribution in [0.3, 0.4) is 0 Å². The number of rotatable bonds is 6. The molecule has 17 heavy (non-hydrogen) atoms. The number of hydrogen-bond acceptors (Lipinski definition) is 2. The predicted octanol–water partition coefficient (Wildman–Crippen LogP) is 4.02. The summed E-state index contributed by atoms with van der Waals surface area (Å²) in [6.07, 6.45) is 11.4. The summed E-state index contributed by atoms with van der Waals surface area (Å²) in [6.45, 7) is 3.46. The van der Waals surface area contributed by atoms with Gasteiger partial charge in [0.05, 0.1) is 0 Å². The highest BCUT2D eigenvalue weighted by molar-refractivity contribution is 5.40. The molecule has 0 aromatic carbocycles. The summed E-state index contributed by atoms with van der Waals surface area (Å²) in [5.41, 5.74) is 0. The molecule has 1 aromatic heterocycles. The van der Waals surface area contributed by atoms with Crippen LogP contribution < -0.4 is 4.90 Å². The fraction of sp³-hybridized carbons (Fsp3) is 0.667. The molecular weight excluding hydrogens is 208 g/mol. The van der Waals surface area contributed by atoms with Crippen molar-refractivity contribution in [1.29, 1.82) is 0 Å². The SMILES string of the molecule is CCCCCCC1CCCN1c1ccccn1. The Hall–Kier alpha value is -1.05. The van der Waals surface area contributed by atoms with Gasteiger partial charge in [0.25, 0.3) is 0 Å². The molecule has 1 fully saturated rings. The summed E-state index contributed by atoms with van der Waals surface area (Å²) < 4.78 is 0. The normalized spacial score (nSPS) is 19.8. The summed E-state index contributed by atoms with van der Waals surface area (Å²) >= 11 is 0. The number of unbranched alkanes of at least 4 members (excludes halogenated alkanes) is 3. The van der Waals surface area contributed by atoms with Crippen LogP contribution in [0.5, 0.6) is 0 Å². The Kier molecular flexibility index (Phi) is 4.84. The molecule has 0 N–H and O–H groups in total.